The molecule has 1 aliphatic carbocycles. The first kappa shape index (κ1) is 32.9. The van der Waals surface area contributed by atoms with Crippen molar-refractivity contribution in [2.45, 2.75) is 58.0 Å². The molecule has 5 rings (SSSR count). The van der Waals surface area contributed by atoms with Crippen molar-refractivity contribution in [3.63, 3.8) is 0 Å². The van der Waals surface area contributed by atoms with E-state index in [0.717, 1.165) is 37.7 Å². The Kier molecular flexibility index (Phi) is 10.9. The van der Waals surface area contributed by atoms with Gasteiger partial charge < -0.3 is 39.5 Å². The van der Waals surface area contributed by atoms with E-state index in [1.165, 1.54) is 11.0 Å². The smallest absolute Gasteiger partial charge is 0.409 e. The first-order chi connectivity index (χ1) is 22.2. The maximum Gasteiger partial charge on any atom is 0.409 e. The third-order valence-corrected chi connectivity index (χ3v) is 8.48. The largest absolute Gasteiger partial charge is 0.483 e. The predicted octanol–water partition coefficient (Wildman–Crippen LogP) is 1.59. The number of carbonyl (C=O) groups excluding carboxylic acids is 5. The van der Waals surface area contributed by atoms with Gasteiger partial charge in [0.1, 0.15) is 24.2 Å². The highest BCUT2D eigenvalue weighted by Gasteiger charge is 2.36. The molecule has 2 N–H and O–H groups in total. The van der Waals surface area contributed by atoms with Gasteiger partial charge in [-0.25, -0.2) is 9.78 Å². The fraction of sp³-hybridized carbons (Fsp3) is 0.562. The van der Waals surface area contributed by atoms with Crippen molar-refractivity contribution in [1.82, 2.24) is 30.3 Å². The fourth-order valence-electron chi connectivity index (χ4n) is 5.41. The van der Waals surface area contributed by atoms with Crippen LogP contribution in [0.25, 0.3) is 10.9 Å². The SMILES string of the molecule is CCCCOC(=O)N1CCN(C(=O)CNC(=O)c2cc(OCC(=O)N3COC[C@H]3C(=O)NC3CCC3)c3ccc(C)cc3n2)CC1. The number of piperazine rings is 1. The number of ether oxygens (including phenoxy) is 3. The number of nitrogens with zero attached hydrogens (tertiary/aromatic N) is 4. The van der Waals surface area contributed by atoms with Crippen LogP contribution in [0, 0.1) is 6.92 Å². The number of fused-ring (bicyclic) bond motifs is 1. The Hall–Kier alpha value is -4.46. The lowest BCUT2D eigenvalue weighted by Crippen LogP contribution is -2.52. The van der Waals surface area contributed by atoms with Crippen LogP contribution in [0.1, 0.15) is 55.1 Å². The second kappa shape index (κ2) is 15.2. The zero-order valence-electron chi connectivity index (χ0n) is 26.4. The topological polar surface area (TPSA) is 160 Å². The minimum absolute atomic E-state index is 0.0129. The number of aryl methyl sites for hydroxylation is 1. The van der Waals surface area contributed by atoms with Gasteiger partial charge in [0.2, 0.25) is 11.8 Å². The lowest BCUT2D eigenvalue weighted by Gasteiger charge is -2.34. The van der Waals surface area contributed by atoms with Crippen LogP contribution in [0.15, 0.2) is 24.3 Å². The third-order valence-electron chi connectivity index (χ3n) is 8.48. The molecule has 14 nitrogen and oxygen atoms in total. The molecule has 1 aromatic carbocycles. The van der Waals surface area contributed by atoms with E-state index < -0.39 is 17.9 Å². The molecule has 0 unspecified atom stereocenters. The van der Waals surface area contributed by atoms with Crippen molar-refractivity contribution >= 4 is 40.6 Å². The van der Waals surface area contributed by atoms with E-state index in [4.69, 9.17) is 14.2 Å². The second-order valence-corrected chi connectivity index (χ2v) is 11.8. The van der Waals surface area contributed by atoms with Crippen LogP contribution in [0.4, 0.5) is 4.79 Å². The van der Waals surface area contributed by atoms with E-state index in [9.17, 15) is 24.0 Å². The van der Waals surface area contributed by atoms with Gasteiger partial charge in [-0.05, 0) is 50.3 Å². The number of aromatic nitrogens is 1. The standard InChI is InChI=1S/C32H42N6O8/c1-3-4-14-45-32(43)37-12-10-36(11-13-37)28(39)17-33-30(41)25-16-27(23-9-8-21(2)15-24(23)35-25)46-19-29(40)38-20-44-18-26(38)31(42)34-22-6-5-7-22/h8-9,15-16,22,26H,3-7,10-14,17-20H2,1-2H3,(H,33,41)(H,34,42)/t26-/m0/s1. The highest BCUT2D eigenvalue weighted by molar-refractivity contribution is 5.99. The molecule has 3 aliphatic rings. The van der Waals surface area contributed by atoms with Crippen LogP contribution < -0.4 is 15.4 Å². The summed E-state index contributed by atoms with van der Waals surface area (Å²) in [5, 5.41) is 6.21. The highest BCUT2D eigenvalue weighted by Crippen LogP contribution is 2.27. The molecule has 1 saturated carbocycles. The number of amides is 5. The summed E-state index contributed by atoms with van der Waals surface area (Å²) in [6.45, 7) is 5.14. The van der Waals surface area contributed by atoms with Gasteiger partial charge in [-0.1, -0.05) is 19.4 Å². The minimum Gasteiger partial charge on any atom is -0.483 e. The summed E-state index contributed by atoms with van der Waals surface area (Å²) < 4.78 is 16.6. The van der Waals surface area contributed by atoms with Crippen LogP contribution >= 0.6 is 0 Å². The minimum atomic E-state index is -0.727. The number of benzene rings is 1. The van der Waals surface area contributed by atoms with E-state index in [-0.39, 0.29) is 61.9 Å². The molecule has 5 amide bonds. The summed E-state index contributed by atoms with van der Waals surface area (Å²) in [5.74, 6) is -1.25. The number of hydrogen-bond acceptors (Lipinski definition) is 9. The Morgan fingerprint density at radius 1 is 1.02 bits per heavy atom. The van der Waals surface area contributed by atoms with Gasteiger partial charge >= 0.3 is 6.09 Å². The zero-order valence-corrected chi connectivity index (χ0v) is 26.4. The molecule has 2 aliphatic heterocycles. The summed E-state index contributed by atoms with van der Waals surface area (Å²) in [5.41, 5.74) is 1.43. The van der Waals surface area contributed by atoms with Gasteiger partial charge in [0.25, 0.3) is 11.8 Å². The van der Waals surface area contributed by atoms with Crippen molar-refractivity contribution in [3.05, 3.63) is 35.5 Å². The van der Waals surface area contributed by atoms with Crippen molar-refractivity contribution in [3.8, 4) is 5.75 Å². The Morgan fingerprint density at radius 3 is 2.50 bits per heavy atom. The van der Waals surface area contributed by atoms with Crippen molar-refractivity contribution in [2.24, 2.45) is 0 Å². The Labute approximate surface area is 267 Å². The summed E-state index contributed by atoms with van der Waals surface area (Å²) in [6.07, 6.45) is 4.30. The summed E-state index contributed by atoms with van der Waals surface area (Å²) in [6, 6.07) is 6.33. The number of unbranched alkanes of at least 4 members (excludes halogenated alkanes) is 1. The molecule has 2 aromatic rings. The first-order valence-corrected chi connectivity index (χ1v) is 15.9. The molecule has 0 spiro atoms. The molecule has 3 fully saturated rings. The van der Waals surface area contributed by atoms with Crippen LogP contribution in [0.3, 0.4) is 0 Å². The normalized spacial score (nSPS) is 18.2. The fourth-order valence-corrected chi connectivity index (χ4v) is 5.41. The van der Waals surface area contributed by atoms with E-state index in [2.05, 4.69) is 15.6 Å². The molecule has 14 heteroatoms. The molecule has 1 aromatic heterocycles. The lowest BCUT2D eigenvalue weighted by atomic mass is 9.93. The Balaban J connectivity index is 1.18. The second-order valence-electron chi connectivity index (χ2n) is 11.8. The quantitative estimate of drug-likeness (QED) is 0.349. The lowest BCUT2D eigenvalue weighted by molar-refractivity contribution is -0.140. The van der Waals surface area contributed by atoms with Crippen molar-refractivity contribution < 1.29 is 38.2 Å². The van der Waals surface area contributed by atoms with Crippen molar-refractivity contribution in [2.75, 3.05) is 59.3 Å². The average Bonchev–Trinajstić information content (AvgIpc) is 3.54. The predicted molar refractivity (Wildman–Crippen MR) is 166 cm³/mol. The highest BCUT2D eigenvalue weighted by atomic mass is 16.6. The zero-order chi connectivity index (χ0) is 32.6. The van der Waals surface area contributed by atoms with Crippen LogP contribution in [-0.4, -0.2) is 121 Å². The van der Waals surface area contributed by atoms with Gasteiger partial charge in [-0.2, -0.15) is 0 Å². The molecule has 2 saturated heterocycles. The molecular weight excluding hydrogens is 596 g/mol. The number of hydrogen-bond donors (Lipinski definition) is 2. The molecular formula is C32H42N6O8. The van der Waals surface area contributed by atoms with Gasteiger partial charge in [0.15, 0.2) is 6.61 Å². The summed E-state index contributed by atoms with van der Waals surface area (Å²) >= 11 is 0. The van der Waals surface area contributed by atoms with E-state index in [0.29, 0.717) is 43.7 Å². The number of pyridine rings is 1. The van der Waals surface area contributed by atoms with Gasteiger partial charge in [0, 0.05) is 43.7 Å². The van der Waals surface area contributed by atoms with Crippen LogP contribution in [-0.2, 0) is 23.9 Å². The molecule has 248 valence electrons. The number of carbonyl (C=O) groups is 5. The van der Waals surface area contributed by atoms with Gasteiger partial charge in [-0.15, -0.1) is 0 Å². The average molecular weight is 639 g/mol. The van der Waals surface area contributed by atoms with E-state index >= 15 is 0 Å². The molecule has 46 heavy (non-hydrogen) atoms. The van der Waals surface area contributed by atoms with Crippen LogP contribution in [0.5, 0.6) is 5.75 Å². The first-order valence-electron chi connectivity index (χ1n) is 15.9. The van der Waals surface area contributed by atoms with Gasteiger partial charge in [0.05, 0.1) is 25.3 Å². The van der Waals surface area contributed by atoms with E-state index in [1.807, 2.05) is 19.9 Å². The number of nitrogens with one attached hydrogen (secondary N) is 2. The van der Waals surface area contributed by atoms with Gasteiger partial charge in [-0.3, -0.25) is 19.2 Å². The Morgan fingerprint density at radius 2 is 1.78 bits per heavy atom. The van der Waals surface area contributed by atoms with Crippen molar-refractivity contribution in [1.29, 1.82) is 0 Å². The summed E-state index contributed by atoms with van der Waals surface area (Å²) in [7, 11) is 0. The number of rotatable bonds is 11. The summed E-state index contributed by atoms with van der Waals surface area (Å²) in [4.78, 5) is 73.1. The Bertz CT molecular complexity index is 1460. The molecule has 0 bridgehead atoms. The molecule has 3 heterocycles. The monoisotopic (exact) mass is 638 g/mol. The molecule has 1 atom stereocenters. The van der Waals surface area contributed by atoms with Crippen LogP contribution in [0.2, 0.25) is 0 Å². The van der Waals surface area contributed by atoms with E-state index in [1.54, 1.807) is 21.9 Å². The third kappa shape index (κ3) is 8.03. The maximum absolute atomic E-state index is 13.2. The maximum atomic E-state index is 13.2. The molecule has 0 radical (unpaired) electrons.